The second-order valence-corrected chi connectivity index (χ2v) is 5.56. The van der Waals surface area contributed by atoms with Crippen molar-refractivity contribution in [3.8, 4) is 0 Å². The summed E-state index contributed by atoms with van der Waals surface area (Å²) in [6.07, 6.45) is 2.43. The van der Waals surface area contributed by atoms with Crippen molar-refractivity contribution in [1.29, 1.82) is 0 Å². The van der Waals surface area contributed by atoms with Gasteiger partial charge in [0.25, 0.3) is 0 Å². The Bertz CT molecular complexity index is 389. The van der Waals surface area contributed by atoms with Crippen LogP contribution in [0.25, 0.3) is 5.57 Å². The predicted molar refractivity (Wildman–Crippen MR) is 78.6 cm³/mol. The van der Waals surface area contributed by atoms with E-state index in [2.05, 4.69) is 61.1 Å². The van der Waals surface area contributed by atoms with Crippen LogP contribution in [-0.2, 0) is 0 Å². The van der Waals surface area contributed by atoms with Crippen LogP contribution in [0.15, 0.2) is 36.9 Å². The van der Waals surface area contributed by atoms with Gasteiger partial charge in [-0.3, -0.25) is 4.90 Å². The molecule has 0 atom stereocenters. The molecule has 2 rings (SSSR count). The molecule has 1 N–H and O–H groups in total. The van der Waals surface area contributed by atoms with Crippen LogP contribution >= 0.6 is 0 Å². The average molecular weight is 244 g/mol. The zero-order chi connectivity index (χ0) is 13.0. The van der Waals surface area contributed by atoms with Crippen molar-refractivity contribution in [2.45, 2.75) is 25.3 Å². The van der Waals surface area contributed by atoms with Crippen molar-refractivity contribution >= 4 is 5.57 Å². The van der Waals surface area contributed by atoms with E-state index in [9.17, 15) is 0 Å². The van der Waals surface area contributed by atoms with E-state index in [4.69, 9.17) is 0 Å². The molecule has 2 nitrogen and oxygen atoms in total. The minimum atomic E-state index is 0.324. The van der Waals surface area contributed by atoms with Gasteiger partial charge in [0.15, 0.2) is 0 Å². The number of hydrogen-bond acceptors (Lipinski definition) is 2. The van der Waals surface area contributed by atoms with Gasteiger partial charge in [0.2, 0.25) is 0 Å². The molecular formula is C16H24N2. The lowest BCUT2D eigenvalue weighted by molar-refractivity contribution is 0.166. The Kier molecular flexibility index (Phi) is 4.20. The molecule has 0 aromatic heterocycles. The first-order valence-corrected chi connectivity index (χ1v) is 6.77. The van der Waals surface area contributed by atoms with Crippen molar-refractivity contribution in [2.24, 2.45) is 0 Å². The van der Waals surface area contributed by atoms with Gasteiger partial charge in [0.1, 0.15) is 0 Å². The van der Waals surface area contributed by atoms with Gasteiger partial charge in [-0.2, -0.15) is 0 Å². The zero-order valence-corrected chi connectivity index (χ0v) is 11.6. The van der Waals surface area contributed by atoms with Gasteiger partial charge in [-0.1, -0.05) is 36.9 Å². The van der Waals surface area contributed by atoms with E-state index in [0.717, 1.165) is 19.6 Å². The Morgan fingerprint density at radius 3 is 2.44 bits per heavy atom. The Balaban J connectivity index is 1.87. The Morgan fingerprint density at radius 1 is 1.28 bits per heavy atom. The third-order valence-electron chi connectivity index (χ3n) is 4.16. The largest absolute Gasteiger partial charge is 0.314 e. The van der Waals surface area contributed by atoms with Gasteiger partial charge in [0.05, 0.1) is 0 Å². The molecule has 1 aliphatic heterocycles. The SMILES string of the molecule is C=C(CN1CCC(C)(NC)CC1)c1ccccc1. The molecule has 0 spiro atoms. The summed E-state index contributed by atoms with van der Waals surface area (Å²) < 4.78 is 0. The van der Waals surface area contributed by atoms with Crippen molar-refractivity contribution in [1.82, 2.24) is 10.2 Å². The Labute approximate surface area is 111 Å². The zero-order valence-electron chi connectivity index (χ0n) is 11.6. The molecule has 1 aromatic rings. The standard InChI is InChI=1S/C16H24N2/c1-14(15-7-5-4-6-8-15)13-18-11-9-16(2,17-3)10-12-18/h4-8,17H,1,9-13H2,2-3H3. The number of benzene rings is 1. The molecule has 0 radical (unpaired) electrons. The summed E-state index contributed by atoms with van der Waals surface area (Å²) in [7, 11) is 2.07. The van der Waals surface area contributed by atoms with Gasteiger partial charge < -0.3 is 5.32 Å². The smallest absolute Gasteiger partial charge is 0.0233 e. The predicted octanol–water partition coefficient (Wildman–Crippen LogP) is 2.77. The van der Waals surface area contributed by atoms with Crippen molar-refractivity contribution < 1.29 is 0 Å². The van der Waals surface area contributed by atoms with Crippen LogP contribution in [0.3, 0.4) is 0 Å². The summed E-state index contributed by atoms with van der Waals surface area (Å²) in [5, 5.41) is 3.44. The number of nitrogens with one attached hydrogen (secondary N) is 1. The van der Waals surface area contributed by atoms with Gasteiger partial charge in [-0.05, 0) is 37.9 Å². The number of piperidine rings is 1. The highest BCUT2D eigenvalue weighted by Gasteiger charge is 2.28. The summed E-state index contributed by atoms with van der Waals surface area (Å²) in [6, 6.07) is 10.5. The lowest BCUT2D eigenvalue weighted by Gasteiger charge is -2.39. The minimum Gasteiger partial charge on any atom is -0.314 e. The number of hydrogen-bond donors (Lipinski definition) is 1. The second kappa shape index (κ2) is 5.68. The minimum absolute atomic E-state index is 0.324. The monoisotopic (exact) mass is 244 g/mol. The van der Waals surface area contributed by atoms with Crippen LogP contribution in [-0.4, -0.2) is 37.1 Å². The van der Waals surface area contributed by atoms with Crippen LogP contribution in [0.5, 0.6) is 0 Å². The first-order chi connectivity index (χ1) is 8.63. The van der Waals surface area contributed by atoms with E-state index in [1.165, 1.54) is 24.0 Å². The van der Waals surface area contributed by atoms with Crippen LogP contribution in [0.2, 0.25) is 0 Å². The molecule has 1 aliphatic rings. The molecule has 1 saturated heterocycles. The Hall–Kier alpha value is -1.12. The summed E-state index contributed by atoms with van der Waals surface area (Å²) in [5.41, 5.74) is 2.81. The molecule has 1 heterocycles. The third kappa shape index (κ3) is 3.21. The molecule has 0 bridgehead atoms. The van der Waals surface area contributed by atoms with E-state index in [1.807, 2.05) is 0 Å². The molecular weight excluding hydrogens is 220 g/mol. The van der Waals surface area contributed by atoms with Gasteiger partial charge >= 0.3 is 0 Å². The highest BCUT2D eigenvalue weighted by molar-refractivity contribution is 5.64. The fourth-order valence-corrected chi connectivity index (χ4v) is 2.49. The molecule has 18 heavy (non-hydrogen) atoms. The van der Waals surface area contributed by atoms with Gasteiger partial charge in [-0.15, -0.1) is 0 Å². The Morgan fingerprint density at radius 2 is 1.89 bits per heavy atom. The lowest BCUT2D eigenvalue weighted by Crippen LogP contribution is -2.50. The average Bonchev–Trinajstić information content (AvgIpc) is 2.42. The molecule has 1 aromatic carbocycles. The molecule has 1 fully saturated rings. The first-order valence-electron chi connectivity index (χ1n) is 6.77. The van der Waals surface area contributed by atoms with Crippen LogP contribution < -0.4 is 5.32 Å². The maximum Gasteiger partial charge on any atom is 0.0233 e. The van der Waals surface area contributed by atoms with Crippen LogP contribution in [0.1, 0.15) is 25.3 Å². The number of rotatable bonds is 4. The molecule has 98 valence electrons. The molecule has 2 heteroatoms. The first kappa shape index (κ1) is 13.3. The fourth-order valence-electron chi connectivity index (χ4n) is 2.49. The van der Waals surface area contributed by atoms with Crippen molar-refractivity contribution in [3.05, 3.63) is 42.5 Å². The topological polar surface area (TPSA) is 15.3 Å². The van der Waals surface area contributed by atoms with E-state index in [0.29, 0.717) is 5.54 Å². The molecule has 0 aliphatic carbocycles. The summed E-state index contributed by atoms with van der Waals surface area (Å²) >= 11 is 0. The highest BCUT2D eigenvalue weighted by atomic mass is 15.1. The highest BCUT2D eigenvalue weighted by Crippen LogP contribution is 2.23. The van der Waals surface area contributed by atoms with Crippen LogP contribution in [0, 0.1) is 0 Å². The van der Waals surface area contributed by atoms with E-state index >= 15 is 0 Å². The summed E-state index contributed by atoms with van der Waals surface area (Å²) in [4.78, 5) is 2.51. The van der Waals surface area contributed by atoms with E-state index in [-0.39, 0.29) is 0 Å². The van der Waals surface area contributed by atoms with E-state index < -0.39 is 0 Å². The van der Waals surface area contributed by atoms with Gasteiger partial charge in [-0.25, -0.2) is 0 Å². The van der Waals surface area contributed by atoms with E-state index in [1.54, 1.807) is 0 Å². The fraction of sp³-hybridized carbons (Fsp3) is 0.500. The normalized spacial score (nSPS) is 19.7. The van der Waals surface area contributed by atoms with Gasteiger partial charge in [0, 0.05) is 25.2 Å². The maximum absolute atomic E-state index is 4.22. The van der Waals surface area contributed by atoms with Crippen molar-refractivity contribution in [3.63, 3.8) is 0 Å². The summed E-state index contributed by atoms with van der Waals surface area (Å²) in [6.45, 7) is 9.84. The molecule has 0 saturated carbocycles. The maximum atomic E-state index is 4.22. The second-order valence-electron chi connectivity index (χ2n) is 5.56. The van der Waals surface area contributed by atoms with Crippen molar-refractivity contribution in [2.75, 3.05) is 26.7 Å². The number of likely N-dealkylation sites (tertiary alicyclic amines) is 1. The lowest BCUT2D eigenvalue weighted by atomic mass is 9.89. The third-order valence-corrected chi connectivity index (χ3v) is 4.16. The number of nitrogens with zero attached hydrogens (tertiary/aromatic N) is 1. The molecule has 0 unspecified atom stereocenters. The summed E-state index contributed by atoms with van der Waals surface area (Å²) in [5.74, 6) is 0. The quantitative estimate of drug-likeness (QED) is 0.876. The molecule has 0 amide bonds. The van der Waals surface area contributed by atoms with Crippen LogP contribution in [0.4, 0.5) is 0 Å².